The minimum Gasteiger partial charge on any atom is -0.385 e. The van der Waals surface area contributed by atoms with E-state index in [9.17, 15) is 4.79 Å². The van der Waals surface area contributed by atoms with Crippen molar-refractivity contribution in [2.24, 2.45) is 0 Å². The van der Waals surface area contributed by atoms with E-state index in [4.69, 9.17) is 4.74 Å². The molecule has 2 heterocycles. The van der Waals surface area contributed by atoms with Crippen molar-refractivity contribution in [2.45, 2.75) is 38.1 Å². The molecular weight excluding hydrogens is 312 g/mol. The normalized spacial score (nSPS) is 17.5. The van der Waals surface area contributed by atoms with Gasteiger partial charge in [0.2, 0.25) is 0 Å². The molecule has 4 heteroatoms. The third kappa shape index (κ3) is 4.45. The number of hydrogen-bond donors (Lipinski definition) is 0. The molecule has 0 saturated carbocycles. The molecule has 1 saturated heterocycles. The lowest BCUT2D eigenvalue weighted by atomic mass is 9.96. The second-order valence-electron chi connectivity index (χ2n) is 6.60. The smallest absolute Gasteiger partial charge is 0.254 e. The van der Waals surface area contributed by atoms with E-state index in [1.807, 2.05) is 36.4 Å². The standard InChI is InChI=1S/C21H26N2O2/c1-25-16-4-6-20-5-2-3-15-23(20)21(24)19-9-7-17(8-10-19)18-11-13-22-14-12-18/h7-14,20H,2-6,15-16H2,1H3/t20-/m1/s1. The van der Waals surface area contributed by atoms with Gasteiger partial charge in [-0.15, -0.1) is 0 Å². The number of hydrogen-bond acceptors (Lipinski definition) is 3. The number of nitrogens with zero attached hydrogens (tertiary/aromatic N) is 2. The summed E-state index contributed by atoms with van der Waals surface area (Å²) in [5, 5.41) is 0. The first-order valence-electron chi connectivity index (χ1n) is 9.10. The second kappa shape index (κ2) is 8.77. The highest BCUT2D eigenvalue weighted by molar-refractivity contribution is 5.95. The third-order valence-corrected chi connectivity index (χ3v) is 4.92. The van der Waals surface area contributed by atoms with Crippen LogP contribution in [0.4, 0.5) is 0 Å². The highest BCUT2D eigenvalue weighted by Crippen LogP contribution is 2.24. The maximum Gasteiger partial charge on any atom is 0.254 e. The molecule has 2 aromatic rings. The molecule has 0 N–H and O–H groups in total. The van der Waals surface area contributed by atoms with E-state index in [-0.39, 0.29) is 5.91 Å². The molecule has 4 nitrogen and oxygen atoms in total. The summed E-state index contributed by atoms with van der Waals surface area (Å²) in [6.45, 7) is 1.63. The van der Waals surface area contributed by atoms with Crippen LogP contribution < -0.4 is 0 Å². The Morgan fingerprint density at radius 2 is 1.84 bits per heavy atom. The number of benzene rings is 1. The van der Waals surface area contributed by atoms with Gasteiger partial charge in [0.25, 0.3) is 5.91 Å². The number of piperidine rings is 1. The number of carbonyl (C=O) groups excluding carboxylic acids is 1. The molecule has 1 fully saturated rings. The van der Waals surface area contributed by atoms with Crippen molar-refractivity contribution in [2.75, 3.05) is 20.3 Å². The summed E-state index contributed by atoms with van der Waals surface area (Å²) in [7, 11) is 1.73. The van der Waals surface area contributed by atoms with Gasteiger partial charge >= 0.3 is 0 Å². The summed E-state index contributed by atoms with van der Waals surface area (Å²) in [4.78, 5) is 19.1. The molecule has 0 spiro atoms. The highest BCUT2D eigenvalue weighted by Gasteiger charge is 2.27. The molecule has 1 aromatic heterocycles. The van der Waals surface area contributed by atoms with Crippen molar-refractivity contribution < 1.29 is 9.53 Å². The van der Waals surface area contributed by atoms with E-state index in [1.165, 1.54) is 6.42 Å². The summed E-state index contributed by atoms with van der Waals surface area (Å²) in [5.41, 5.74) is 3.00. The molecular formula is C21H26N2O2. The monoisotopic (exact) mass is 338 g/mol. The largest absolute Gasteiger partial charge is 0.385 e. The van der Waals surface area contributed by atoms with Crippen molar-refractivity contribution in [1.29, 1.82) is 0 Å². The number of aromatic nitrogens is 1. The van der Waals surface area contributed by atoms with Crippen LogP contribution in [-0.2, 0) is 4.74 Å². The molecule has 0 unspecified atom stereocenters. The quantitative estimate of drug-likeness (QED) is 0.742. The van der Waals surface area contributed by atoms with Crippen LogP contribution in [0, 0.1) is 0 Å². The summed E-state index contributed by atoms with van der Waals surface area (Å²) < 4.78 is 5.16. The van der Waals surface area contributed by atoms with Gasteiger partial charge in [-0.25, -0.2) is 0 Å². The van der Waals surface area contributed by atoms with E-state index in [2.05, 4.69) is 9.88 Å². The number of likely N-dealkylation sites (tertiary alicyclic amines) is 1. The maximum absolute atomic E-state index is 13.0. The molecule has 132 valence electrons. The van der Waals surface area contributed by atoms with Gasteiger partial charge < -0.3 is 9.64 Å². The van der Waals surface area contributed by atoms with E-state index >= 15 is 0 Å². The van der Waals surface area contributed by atoms with Crippen LogP contribution in [0.2, 0.25) is 0 Å². The van der Waals surface area contributed by atoms with Gasteiger partial charge in [0.05, 0.1) is 0 Å². The average molecular weight is 338 g/mol. The fourth-order valence-corrected chi connectivity index (χ4v) is 3.55. The van der Waals surface area contributed by atoms with Gasteiger partial charge in [0.15, 0.2) is 0 Å². The second-order valence-corrected chi connectivity index (χ2v) is 6.60. The molecule has 1 amide bonds. The lowest BCUT2D eigenvalue weighted by Crippen LogP contribution is -2.43. The Morgan fingerprint density at radius 3 is 2.56 bits per heavy atom. The Hall–Kier alpha value is -2.20. The fourth-order valence-electron chi connectivity index (χ4n) is 3.55. The lowest BCUT2D eigenvalue weighted by molar-refractivity contribution is 0.0585. The molecule has 1 aliphatic heterocycles. The van der Waals surface area contributed by atoms with Crippen molar-refractivity contribution in [3.63, 3.8) is 0 Å². The zero-order valence-electron chi connectivity index (χ0n) is 14.9. The molecule has 1 aliphatic rings. The van der Waals surface area contributed by atoms with Gasteiger partial charge in [-0.05, 0) is 67.5 Å². The first kappa shape index (κ1) is 17.6. The predicted molar refractivity (Wildman–Crippen MR) is 99.5 cm³/mol. The number of methoxy groups -OCH3 is 1. The Balaban J connectivity index is 1.70. The van der Waals surface area contributed by atoms with Gasteiger partial charge in [-0.1, -0.05) is 12.1 Å². The molecule has 25 heavy (non-hydrogen) atoms. The summed E-state index contributed by atoms with van der Waals surface area (Å²) in [5.74, 6) is 0.156. The minimum atomic E-state index is 0.156. The summed E-state index contributed by atoms with van der Waals surface area (Å²) >= 11 is 0. The summed E-state index contributed by atoms with van der Waals surface area (Å²) in [6.07, 6.45) is 9.01. The zero-order valence-corrected chi connectivity index (χ0v) is 14.9. The van der Waals surface area contributed by atoms with Crippen LogP contribution in [0.5, 0.6) is 0 Å². The number of rotatable bonds is 6. The van der Waals surface area contributed by atoms with Crippen LogP contribution in [0.25, 0.3) is 11.1 Å². The number of carbonyl (C=O) groups is 1. The Labute approximate surface area is 149 Å². The van der Waals surface area contributed by atoms with Crippen molar-refractivity contribution in [1.82, 2.24) is 9.88 Å². The molecule has 0 bridgehead atoms. The Kier molecular flexibility index (Phi) is 6.18. The predicted octanol–water partition coefficient (Wildman–Crippen LogP) is 4.17. The maximum atomic E-state index is 13.0. The highest BCUT2D eigenvalue weighted by atomic mass is 16.5. The van der Waals surface area contributed by atoms with Crippen LogP contribution >= 0.6 is 0 Å². The van der Waals surface area contributed by atoms with Gasteiger partial charge in [0, 0.05) is 44.3 Å². The van der Waals surface area contributed by atoms with Crippen molar-refractivity contribution in [3.8, 4) is 11.1 Å². The van der Waals surface area contributed by atoms with Crippen LogP contribution in [0.15, 0.2) is 48.8 Å². The Bertz CT molecular complexity index is 670. The number of amides is 1. The molecule has 0 radical (unpaired) electrons. The topological polar surface area (TPSA) is 42.4 Å². The van der Waals surface area contributed by atoms with Gasteiger partial charge in [0.1, 0.15) is 0 Å². The molecule has 1 atom stereocenters. The van der Waals surface area contributed by atoms with Crippen molar-refractivity contribution >= 4 is 5.91 Å². The fraction of sp³-hybridized carbons (Fsp3) is 0.429. The van der Waals surface area contributed by atoms with E-state index in [0.29, 0.717) is 6.04 Å². The number of ether oxygens (including phenoxy) is 1. The number of pyridine rings is 1. The zero-order chi connectivity index (χ0) is 17.5. The molecule has 0 aliphatic carbocycles. The minimum absolute atomic E-state index is 0.156. The first-order chi connectivity index (χ1) is 12.3. The van der Waals surface area contributed by atoms with Crippen molar-refractivity contribution in [3.05, 3.63) is 54.4 Å². The summed E-state index contributed by atoms with van der Waals surface area (Å²) in [6, 6.07) is 12.2. The average Bonchev–Trinajstić information content (AvgIpc) is 2.69. The van der Waals surface area contributed by atoms with Crippen LogP contribution in [-0.4, -0.2) is 42.1 Å². The third-order valence-electron chi connectivity index (χ3n) is 4.92. The van der Waals surface area contributed by atoms with Gasteiger partial charge in [-0.3, -0.25) is 9.78 Å². The first-order valence-corrected chi connectivity index (χ1v) is 9.10. The van der Waals surface area contributed by atoms with E-state index < -0.39 is 0 Å². The molecule has 3 rings (SSSR count). The van der Waals surface area contributed by atoms with Crippen LogP contribution in [0.3, 0.4) is 0 Å². The van der Waals surface area contributed by atoms with Crippen LogP contribution in [0.1, 0.15) is 42.5 Å². The Morgan fingerprint density at radius 1 is 1.12 bits per heavy atom. The van der Waals surface area contributed by atoms with E-state index in [1.54, 1.807) is 19.5 Å². The molecule has 1 aromatic carbocycles. The SMILES string of the molecule is COCCC[C@H]1CCCCN1C(=O)c1ccc(-c2ccncc2)cc1. The van der Waals surface area contributed by atoms with Gasteiger partial charge in [-0.2, -0.15) is 0 Å². The van der Waals surface area contributed by atoms with E-state index in [0.717, 1.165) is 55.5 Å². The lowest BCUT2D eigenvalue weighted by Gasteiger charge is -2.36.